The molecule has 0 spiro atoms. The molecule has 1 aromatic heterocycles. The molecule has 1 heterocycles. The minimum absolute atomic E-state index is 0.318. The zero-order valence-corrected chi connectivity index (χ0v) is 18.0. The molecule has 0 amide bonds. The molecule has 3 rings (SSSR count). The molecule has 2 nitrogen and oxygen atoms in total. The van der Waals surface area contributed by atoms with E-state index in [2.05, 4.69) is 63.9 Å². The predicted octanol–water partition coefficient (Wildman–Crippen LogP) is 7.69. The Hall–Kier alpha value is -1.74. The Morgan fingerprint density at radius 1 is 1.04 bits per heavy atom. The summed E-state index contributed by atoms with van der Waals surface area (Å²) < 4.78 is 5.81. The Balaban J connectivity index is 1.69. The number of thioether (sulfide) groups is 1. The molecule has 0 saturated heterocycles. The monoisotopic (exact) mass is 381 g/mol. The highest BCUT2D eigenvalue weighted by Crippen LogP contribution is 2.42. The van der Waals surface area contributed by atoms with Gasteiger partial charge in [-0.3, -0.25) is 0 Å². The molecule has 3 aromatic rings. The molecule has 27 heavy (non-hydrogen) atoms. The van der Waals surface area contributed by atoms with Crippen LogP contribution in [0.2, 0.25) is 0 Å². The zero-order chi connectivity index (χ0) is 19.4. The van der Waals surface area contributed by atoms with Crippen molar-refractivity contribution in [3.05, 3.63) is 59.7 Å². The summed E-state index contributed by atoms with van der Waals surface area (Å²) in [4.78, 5) is 4.55. The average molecular weight is 382 g/mol. The summed E-state index contributed by atoms with van der Waals surface area (Å²) in [6.07, 6.45) is 2.43. The second kappa shape index (κ2) is 8.52. The minimum Gasteiger partial charge on any atom is -0.431 e. The van der Waals surface area contributed by atoms with Crippen molar-refractivity contribution >= 4 is 22.9 Å². The van der Waals surface area contributed by atoms with Gasteiger partial charge in [0.15, 0.2) is 5.58 Å². The van der Waals surface area contributed by atoms with E-state index in [1.807, 2.05) is 24.3 Å². The molecular formula is C24H31NOS. The fraction of sp³-hybridized carbons (Fsp3) is 0.458. The number of hydrogen-bond acceptors (Lipinski definition) is 3. The molecule has 1 atom stereocenters. The lowest BCUT2D eigenvalue weighted by molar-refractivity contribution is 0.242. The summed E-state index contributed by atoms with van der Waals surface area (Å²) in [5.41, 5.74) is 4.87. The lowest BCUT2D eigenvalue weighted by atomic mass is 9.70. The maximum atomic E-state index is 5.81. The fourth-order valence-electron chi connectivity index (χ4n) is 3.53. The van der Waals surface area contributed by atoms with E-state index in [0.717, 1.165) is 22.1 Å². The van der Waals surface area contributed by atoms with Crippen LogP contribution in [0.4, 0.5) is 0 Å². The molecule has 3 heteroatoms. The van der Waals surface area contributed by atoms with Crippen molar-refractivity contribution in [3.8, 4) is 0 Å². The van der Waals surface area contributed by atoms with Gasteiger partial charge in [-0.15, -0.1) is 0 Å². The van der Waals surface area contributed by atoms with E-state index in [1.165, 1.54) is 24.0 Å². The summed E-state index contributed by atoms with van der Waals surface area (Å²) in [6, 6.07) is 17.1. The summed E-state index contributed by atoms with van der Waals surface area (Å²) in [7, 11) is 0. The van der Waals surface area contributed by atoms with Crippen molar-refractivity contribution in [1.29, 1.82) is 0 Å². The van der Waals surface area contributed by atoms with Crippen LogP contribution in [0.1, 0.15) is 64.5 Å². The SMILES string of the molecule is CCC(C)(C)C(CC(C)C)c1ccc(CSc2nc3ccccc3o2)cc1. The number of fused-ring (bicyclic) bond motifs is 1. The van der Waals surface area contributed by atoms with Gasteiger partial charge in [-0.2, -0.15) is 0 Å². The van der Waals surface area contributed by atoms with Crippen molar-refractivity contribution in [2.75, 3.05) is 0 Å². The Morgan fingerprint density at radius 3 is 2.37 bits per heavy atom. The maximum absolute atomic E-state index is 5.81. The Bertz CT molecular complexity index is 830. The average Bonchev–Trinajstić information content (AvgIpc) is 3.08. The number of rotatable bonds is 8. The van der Waals surface area contributed by atoms with Crippen molar-refractivity contribution in [2.24, 2.45) is 11.3 Å². The molecule has 0 bridgehead atoms. The largest absolute Gasteiger partial charge is 0.431 e. The Morgan fingerprint density at radius 2 is 1.74 bits per heavy atom. The van der Waals surface area contributed by atoms with Crippen molar-refractivity contribution < 1.29 is 4.42 Å². The van der Waals surface area contributed by atoms with E-state index in [4.69, 9.17) is 4.42 Å². The van der Waals surface area contributed by atoms with Crippen LogP contribution in [0.5, 0.6) is 0 Å². The molecular weight excluding hydrogens is 350 g/mol. The van der Waals surface area contributed by atoms with Crippen LogP contribution in [0.3, 0.4) is 0 Å². The quantitative estimate of drug-likeness (QED) is 0.374. The van der Waals surface area contributed by atoms with Gasteiger partial charge in [0.2, 0.25) is 0 Å². The van der Waals surface area contributed by atoms with Gasteiger partial charge in [0, 0.05) is 5.75 Å². The lowest BCUT2D eigenvalue weighted by Crippen LogP contribution is -2.23. The first kappa shape index (κ1) is 20.0. The summed E-state index contributed by atoms with van der Waals surface area (Å²) >= 11 is 1.66. The standard InChI is InChI=1S/C24H31NOS/c1-6-24(4,5)20(15-17(2)3)19-13-11-18(12-14-19)16-27-23-25-21-9-7-8-10-22(21)26-23/h7-14,17,20H,6,15-16H2,1-5H3. The smallest absolute Gasteiger partial charge is 0.257 e. The van der Waals surface area contributed by atoms with Crippen LogP contribution in [-0.2, 0) is 5.75 Å². The molecule has 0 radical (unpaired) electrons. The number of hydrogen-bond donors (Lipinski definition) is 0. The summed E-state index contributed by atoms with van der Waals surface area (Å²) in [5.74, 6) is 2.18. The van der Waals surface area contributed by atoms with E-state index >= 15 is 0 Å². The van der Waals surface area contributed by atoms with E-state index in [9.17, 15) is 0 Å². The van der Waals surface area contributed by atoms with Gasteiger partial charge < -0.3 is 4.42 Å². The summed E-state index contributed by atoms with van der Waals surface area (Å²) in [5, 5.41) is 0.741. The molecule has 0 aliphatic carbocycles. The topological polar surface area (TPSA) is 26.0 Å². The van der Waals surface area contributed by atoms with Gasteiger partial charge in [0.05, 0.1) is 0 Å². The number of oxazole rings is 1. The van der Waals surface area contributed by atoms with Gasteiger partial charge in [-0.1, -0.05) is 89.2 Å². The third-order valence-corrected chi connectivity index (χ3v) is 6.48. The molecule has 1 unspecified atom stereocenters. The fourth-order valence-corrected chi connectivity index (χ4v) is 4.32. The third-order valence-electron chi connectivity index (χ3n) is 5.58. The molecule has 0 saturated carbocycles. The van der Waals surface area contributed by atoms with Gasteiger partial charge >= 0.3 is 0 Å². The van der Waals surface area contributed by atoms with Crippen LogP contribution in [0.15, 0.2) is 58.2 Å². The number of benzene rings is 2. The van der Waals surface area contributed by atoms with Crippen molar-refractivity contribution in [1.82, 2.24) is 4.98 Å². The van der Waals surface area contributed by atoms with E-state index in [1.54, 1.807) is 11.8 Å². The normalized spacial score (nSPS) is 13.4. The number of para-hydroxylation sites is 2. The van der Waals surface area contributed by atoms with E-state index < -0.39 is 0 Å². The first-order valence-electron chi connectivity index (χ1n) is 9.96. The molecule has 144 valence electrons. The predicted molar refractivity (Wildman–Crippen MR) is 116 cm³/mol. The van der Waals surface area contributed by atoms with Crippen LogP contribution >= 0.6 is 11.8 Å². The van der Waals surface area contributed by atoms with Gasteiger partial charge in [0.1, 0.15) is 5.52 Å². The molecule has 0 fully saturated rings. The van der Waals surface area contributed by atoms with Crippen LogP contribution < -0.4 is 0 Å². The Kier molecular flexibility index (Phi) is 6.31. The van der Waals surface area contributed by atoms with E-state index in [-0.39, 0.29) is 0 Å². The lowest BCUT2D eigenvalue weighted by Gasteiger charge is -2.35. The van der Waals surface area contributed by atoms with Gasteiger partial charge in [-0.05, 0) is 46.9 Å². The molecule has 0 N–H and O–H groups in total. The third kappa shape index (κ3) is 4.95. The van der Waals surface area contributed by atoms with E-state index in [0.29, 0.717) is 17.3 Å². The van der Waals surface area contributed by atoms with Crippen molar-refractivity contribution in [3.63, 3.8) is 0 Å². The maximum Gasteiger partial charge on any atom is 0.257 e. The molecule has 0 aliphatic rings. The van der Waals surface area contributed by atoms with Gasteiger partial charge in [-0.25, -0.2) is 4.98 Å². The minimum atomic E-state index is 0.318. The highest BCUT2D eigenvalue weighted by molar-refractivity contribution is 7.98. The first-order chi connectivity index (χ1) is 12.9. The number of nitrogens with zero attached hydrogens (tertiary/aromatic N) is 1. The molecule has 2 aromatic carbocycles. The zero-order valence-electron chi connectivity index (χ0n) is 17.2. The molecule has 0 aliphatic heterocycles. The summed E-state index contributed by atoms with van der Waals surface area (Å²) in [6.45, 7) is 11.8. The highest BCUT2D eigenvalue weighted by Gasteiger charge is 2.29. The van der Waals surface area contributed by atoms with Crippen LogP contribution in [0.25, 0.3) is 11.1 Å². The second-order valence-corrected chi connectivity index (χ2v) is 9.43. The van der Waals surface area contributed by atoms with Crippen LogP contribution in [0, 0.1) is 11.3 Å². The highest BCUT2D eigenvalue weighted by atomic mass is 32.2. The van der Waals surface area contributed by atoms with Gasteiger partial charge in [0.25, 0.3) is 5.22 Å². The Labute approximate surface area is 167 Å². The second-order valence-electron chi connectivity index (χ2n) is 8.50. The first-order valence-corrected chi connectivity index (χ1v) is 10.9. The number of aromatic nitrogens is 1. The van der Waals surface area contributed by atoms with Crippen molar-refractivity contribution in [2.45, 2.75) is 64.4 Å². The van der Waals surface area contributed by atoms with Crippen LogP contribution in [-0.4, -0.2) is 4.98 Å².